The first-order chi connectivity index (χ1) is 13.2. The summed E-state index contributed by atoms with van der Waals surface area (Å²) in [5.74, 6) is 0.458. The summed E-state index contributed by atoms with van der Waals surface area (Å²) < 4.78 is 31.2. The molecule has 2 aromatic carbocycles. The number of nitrogens with two attached hydrogens (primary N) is 1. The number of Topliss-reactive ketones (excluding diaryl/α,β-unsaturated/α-hetero) is 1. The molecule has 1 heterocycles. The highest BCUT2D eigenvalue weighted by molar-refractivity contribution is 9.10. The van der Waals surface area contributed by atoms with E-state index >= 15 is 0 Å². The summed E-state index contributed by atoms with van der Waals surface area (Å²) in [6, 6.07) is 15.3. The normalized spacial score (nSPS) is 11.4. The van der Waals surface area contributed by atoms with Gasteiger partial charge in [0.2, 0.25) is 15.8 Å². The summed E-state index contributed by atoms with van der Waals surface area (Å²) >= 11 is 3.39. The molecule has 8 heteroatoms. The van der Waals surface area contributed by atoms with Gasteiger partial charge in [-0.05, 0) is 72.2 Å². The third-order valence-corrected chi connectivity index (χ3v) is 5.93. The molecule has 0 aliphatic rings. The Labute approximate surface area is 172 Å². The van der Waals surface area contributed by atoms with E-state index in [4.69, 9.17) is 9.88 Å². The quantitative estimate of drug-likeness (QED) is 0.564. The predicted molar refractivity (Wildman–Crippen MR) is 111 cm³/mol. The van der Waals surface area contributed by atoms with Crippen LogP contribution in [0.2, 0.25) is 0 Å². The Kier molecular flexibility index (Phi) is 5.74. The molecular formula is C20H19BrN2O4S. The fourth-order valence-corrected chi connectivity index (χ4v) is 3.92. The number of para-hydroxylation sites is 1. The fraction of sp³-hybridized carbons (Fsp3) is 0.150. The standard InChI is InChI=1S/C20H19BrN2O4S/c1-13-11-17(19(24)12-27-20-6-4-3-5-18(20)21)14(2)23(13)15-7-9-16(10-8-15)28(22,25)26/h3-11H,12H2,1-2H3,(H2,22,25,26). The van der Waals surface area contributed by atoms with Crippen LogP contribution in [0.25, 0.3) is 5.69 Å². The second-order valence-corrected chi connectivity index (χ2v) is 8.72. The van der Waals surface area contributed by atoms with Crippen molar-refractivity contribution >= 4 is 31.7 Å². The molecule has 0 amide bonds. The topological polar surface area (TPSA) is 91.4 Å². The number of sulfonamides is 1. The maximum atomic E-state index is 12.7. The molecule has 0 unspecified atom stereocenters. The summed E-state index contributed by atoms with van der Waals surface area (Å²) in [4.78, 5) is 12.7. The Morgan fingerprint density at radius 3 is 2.36 bits per heavy atom. The number of aromatic nitrogens is 1. The smallest absolute Gasteiger partial charge is 0.238 e. The van der Waals surface area contributed by atoms with Crippen molar-refractivity contribution in [1.82, 2.24) is 4.57 Å². The van der Waals surface area contributed by atoms with Crippen molar-refractivity contribution < 1.29 is 17.9 Å². The van der Waals surface area contributed by atoms with Crippen LogP contribution in [0.5, 0.6) is 5.75 Å². The van der Waals surface area contributed by atoms with E-state index in [1.807, 2.05) is 36.6 Å². The van der Waals surface area contributed by atoms with Crippen molar-refractivity contribution in [1.29, 1.82) is 0 Å². The molecule has 0 bridgehead atoms. The number of benzene rings is 2. The first-order valence-electron chi connectivity index (χ1n) is 8.41. The number of carbonyl (C=O) groups is 1. The van der Waals surface area contributed by atoms with Gasteiger partial charge in [-0.1, -0.05) is 12.1 Å². The molecule has 0 spiro atoms. The molecule has 28 heavy (non-hydrogen) atoms. The van der Waals surface area contributed by atoms with Gasteiger partial charge < -0.3 is 9.30 Å². The average Bonchev–Trinajstić information content (AvgIpc) is 2.94. The lowest BCUT2D eigenvalue weighted by Gasteiger charge is -2.11. The molecule has 3 rings (SSSR count). The van der Waals surface area contributed by atoms with Gasteiger partial charge in [-0.25, -0.2) is 13.6 Å². The zero-order valence-electron chi connectivity index (χ0n) is 15.3. The van der Waals surface area contributed by atoms with Crippen molar-refractivity contribution in [3.05, 3.63) is 76.0 Å². The van der Waals surface area contributed by atoms with Gasteiger partial charge in [0.15, 0.2) is 6.61 Å². The van der Waals surface area contributed by atoms with Crippen molar-refractivity contribution in [3.8, 4) is 11.4 Å². The molecule has 146 valence electrons. The third-order valence-electron chi connectivity index (χ3n) is 4.35. The zero-order valence-corrected chi connectivity index (χ0v) is 17.7. The molecule has 2 N–H and O–H groups in total. The first-order valence-corrected chi connectivity index (χ1v) is 10.7. The van der Waals surface area contributed by atoms with E-state index in [-0.39, 0.29) is 17.3 Å². The summed E-state index contributed by atoms with van der Waals surface area (Å²) in [7, 11) is -3.75. The Balaban J connectivity index is 1.85. The number of ketones is 1. The number of hydrogen-bond acceptors (Lipinski definition) is 4. The molecule has 0 aliphatic heterocycles. The number of halogens is 1. The maximum absolute atomic E-state index is 12.7. The van der Waals surface area contributed by atoms with Crippen molar-refractivity contribution in [2.24, 2.45) is 5.14 Å². The summed E-state index contributed by atoms with van der Waals surface area (Å²) in [6.45, 7) is 3.63. The van der Waals surface area contributed by atoms with E-state index in [9.17, 15) is 13.2 Å². The molecule has 0 radical (unpaired) electrons. The Morgan fingerprint density at radius 2 is 1.75 bits per heavy atom. The number of aryl methyl sites for hydroxylation is 1. The number of rotatable bonds is 6. The van der Waals surface area contributed by atoms with Gasteiger partial charge in [0, 0.05) is 22.6 Å². The third kappa shape index (κ3) is 4.19. The Morgan fingerprint density at radius 1 is 1.11 bits per heavy atom. The minimum atomic E-state index is -3.75. The monoisotopic (exact) mass is 462 g/mol. The van der Waals surface area contributed by atoms with Gasteiger partial charge in [-0.15, -0.1) is 0 Å². The highest BCUT2D eigenvalue weighted by atomic mass is 79.9. The highest BCUT2D eigenvalue weighted by Gasteiger charge is 2.18. The van der Waals surface area contributed by atoms with Crippen molar-refractivity contribution in [3.63, 3.8) is 0 Å². The fourth-order valence-electron chi connectivity index (χ4n) is 3.01. The van der Waals surface area contributed by atoms with Crippen LogP contribution in [0, 0.1) is 13.8 Å². The van der Waals surface area contributed by atoms with Crippen LogP contribution in [0.15, 0.2) is 64.0 Å². The molecule has 1 aromatic heterocycles. The largest absolute Gasteiger partial charge is 0.484 e. The molecule has 6 nitrogen and oxygen atoms in total. The summed E-state index contributed by atoms with van der Waals surface area (Å²) in [6.07, 6.45) is 0. The van der Waals surface area contributed by atoms with Gasteiger partial charge >= 0.3 is 0 Å². The second-order valence-electron chi connectivity index (χ2n) is 6.30. The molecule has 0 fully saturated rings. The highest BCUT2D eigenvalue weighted by Crippen LogP contribution is 2.25. The maximum Gasteiger partial charge on any atom is 0.238 e. The number of hydrogen-bond donors (Lipinski definition) is 1. The molecule has 0 atom stereocenters. The Bertz CT molecular complexity index is 1140. The van der Waals surface area contributed by atoms with Crippen LogP contribution in [0.3, 0.4) is 0 Å². The predicted octanol–water partition coefficient (Wildman–Crippen LogP) is 3.77. The lowest BCUT2D eigenvalue weighted by Crippen LogP contribution is -2.13. The van der Waals surface area contributed by atoms with Crippen LogP contribution in [0.4, 0.5) is 0 Å². The zero-order chi connectivity index (χ0) is 20.5. The van der Waals surface area contributed by atoms with Gasteiger partial charge in [-0.2, -0.15) is 0 Å². The van der Waals surface area contributed by atoms with Crippen molar-refractivity contribution in [2.75, 3.05) is 6.61 Å². The van der Waals surface area contributed by atoms with E-state index in [2.05, 4.69) is 15.9 Å². The van der Waals surface area contributed by atoms with E-state index < -0.39 is 10.0 Å². The minimum absolute atomic E-state index is 0.0388. The number of primary sulfonamides is 1. The van der Waals surface area contributed by atoms with Gasteiger partial charge in [0.25, 0.3) is 0 Å². The molecule has 0 saturated heterocycles. The van der Waals surface area contributed by atoms with Crippen LogP contribution < -0.4 is 9.88 Å². The lowest BCUT2D eigenvalue weighted by atomic mass is 10.1. The van der Waals surface area contributed by atoms with Gasteiger partial charge in [0.1, 0.15) is 5.75 Å². The van der Waals surface area contributed by atoms with Crippen LogP contribution in [-0.2, 0) is 10.0 Å². The second kappa shape index (κ2) is 7.90. The van der Waals surface area contributed by atoms with Gasteiger partial charge in [-0.3, -0.25) is 4.79 Å². The van der Waals surface area contributed by atoms with E-state index in [1.165, 1.54) is 12.1 Å². The van der Waals surface area contributed by atoms with E-state index in [1.54, 1.807) is 24.3 Å². The summed E-state index contributed by atoms with van der Waals surface area (Å²) in [5.41, 5.74) is 2.90. The Hall–Kier alpha value is -2.42. The first kappa shape index (κ1) is 20.3. The average molecular weight is 463 g/mol. The van der Waals surface area contributed by atoms with Crippen LogP contribution >= 0.6 is 15.9 Å². The number of nitrogens with zero attached hydrogens (tertiary/aromatic N) is 1. The molecule has 0 saturated carbocycles. The van der Waals surface area contributed by atoms with E-state index in [0.29, 0.717) is 11.3 Å². The lowest BCUT2D eigenvalue weighted by molar-refractivity contribution is 0.0920. The summed E-state index contributed by atoms with van der Waals surface area (Å²) in [5, 5.41) is 5.14. The van der Waals surface area contributed by atoms with Crippen molar-refractivity contribution in [2.45, 2.75) is 18.7 Å². The molecular weight excluding hydrogens is 444 g/mol. The number of carbonyl (C=O) groups excluding carboxylic acids is 1. The molecule has 3 aromatic rings. The van der Waals surface area contributed by atoms with Gasteiger partial charge in [0.05, 0.1) is 9.37 Å². The number of ether oxygens (including phenoxy) is 1. The van der Waals surface area contributed by atoms with E-state index in [0.717, 1.165) is 21.5 Å². The SMILES string of the molecule is Cc1cc(C(=O)COc2ccccc2Br)c(C)n1-c1ccc(S(N)(=O)=O)cc1. The van der Waals surface area contributed by atoms with Crippen LogP contribution in [-0.4, -0.2) is 25.4 Å². The van der Waals surface area contributed by atoms with Crippen LogP contribution in [0.1, 0.15) is 21.7 Å². The molecule has 0 aliphatic carbocycles. The minimum Gasteiger partial charge on any atom is -0.484 e.